The van der Waals surface area contributed by atoms with Crippen LogP contribution in [0.1, 0.15) is 84.6 Å². The smallest absolute Gasteiger partial charge is 0.138 e. The van der Waals surface area contributed by atoms with Crippen LogP contribution >= 0.6 is 0 Å². The molecule has 0 amide bonds. The zero-order chi connectivity index (χ0) is 26.4. The number of carbonyl (C=O) groups is 1. The van der Waals surface area contributed by atoms with Crippen LogP contribution in [0.3, 0.4) is 0 Å². The van der Waals surface area contributed by atoms with E-state index in [-0.39, 0.29) is 11.7 Å². The van der Waals surface area contributed by atoms with Crippen molar-refractivity contribution in [3.05, 3.63) is 48.0 Å². The number of aromatic nitrogens is 1. The molecule has 1 fully saturated rings. The largest absolute Gasteiger partial charge is 0.507 e. The molecule has 3 unspecified atom stereocenters. The summed E-state index contributed by atoms with van der Waals surface area (Å²) in [6, 6.07) is 14.2. The quantitative estimate of drug-likeness (QED) is 0.244. The molecule has 2 N–H and O–H groups in total. The number of aryl methyl sites for hydroxylation is 1. The van der Waals surface area contributed by atoms with E-state index >= 15 is 0 Å². The van der Waals surface area contributed by atoms with E-state index in [1.165, 1.54) is 36.6 Å². The lowest BCUT2D eigenvalue weighted by Gasteiger charge is -2.34. The van der Waals surface area contributed by atoms with Crippen LogP contribution in [0, 0.1) is 17.8 Å². The zero-order valence-electron chi connectivity index (χ0n) is 23.4. The Kier molecular flexibility index (Phi) is 9.34. The third kappa shape index (κ3) is 6.58. The summed E-state index contributed by atoms with van der Waals surface area (Å²) in [5.41, 5.74) is 5.24. The summed E-state index contributed by atoms with van der Waals surface area (Å²) in [6.45, 7) is 10.7. The predicted octanol–water partition coefficient (Wildman–Crippen LogP) is 8.52. The number of para-hydroxylation sites is 1. The van der Waals surface area contributed by atoms with Gasteiger partial charge in [0.15, 0.2) is 0 Å². The molecule has 0 bridgehead atoms. The molecule has 2 heterocycles. The predicted molar refractivity (Wildman–Crippen MR) is 156 cm³/mol. The van der Waals surface area contributed by atoms with Gasteiger partial charge in [0.25, 0.3) is 0 Å². The number of rotatable bonds is 12. The molecular formula is C33H46N2O2. The van der Waals surface area contributed by atoms with Gasteiger partial charge in [-0.1, -0.05) is 78.0 Å². The molecule has 3 atom stereocenters. The monoisotopic (exact) mass is 502 g/mol. The Labute approximate surface area is 223 Å². The Morgan fingerprint density at radius 3 is 2.59 bits per heavy atom. The van der Waals surface area contributed by atoms with Crippen molar-refractivity contribution in [2.75, 3.05) is 18.0 Å². The number of carbonyl (C=O) groups excluding carboxylic acids is 1. The molecule has 37 heavy (non-hydrogen) atoms. The minimum atomic E-state index is 0.104. The summed E-state index contributed by atoms with van der Waals surface area (Å²) in [7, 11) is 0. The standard InChI is InChI=1S/C33H46N2O2/c1-5-23(3)12-7-8-13-24(4)20-32(37)25-14-11-19-35(22-25)26-17-18-31(36)29(21-26)33-27(6-2)28-15-9-10-16-30(28)34-33/h9-10,15-18,21,23-25,34,36H,5-8,11-14,19-20,22H2,1-4H3. The molecule has 1 aromatic heterocycles. The highest BCUT2D eigenvalue weighted by Crippen LogP contribution is 2.38. The van der Waals surface area contributed by atoms with E-state index in [1.807, 2.05) is 18.2 Å². The minimum Gasteiger partial charge on any atom is -0.507 e. The van der Waals surface area contributed by atoms with Crippen molar-refractivity contribution in [2.24, 2.45) is 17.8 Å². The van der Waals surface area contributed by atoms with Crippen molar-refractivity contribution in [2.45, 2.75) is 85.5 Å². The van der Waals surface area contributed by atoms with E-state index in [4.69, 9.17) is 0 Å². The van der Waals surface area contributed by atoms with Gasteiger partial charge < -0.3 is 15.0 Å². The average Bonchev–Trinajstić information content (AvgIpc) is 3.29. The Morgan fingerprint density at radius 2 is 1.84 bits per heavy atom. The molecule has 4 nitrogen and oxygen atoms in total. The van der Waals surface area contributed by atoms with E-state index in [0.29, 0.717) is 18.1 Å². The van der Waals surface area contributed by atoms with Gasteiger partial charge in [0, 0.05) is 47.6 Å². The van der Waals surface area contributed by atoms with Gasteiger partial charge >= 0.3 is 0 Å². The normalized spacial score (nSPS) is 17.7. The van der Waals surface area contributed by atoms with Gasteiger partial charge in [-0.05, 0) is 60.9 Å². The lowest BCUT2D eigenvalue weighted by Crippen LogP contribution is -2.39. The third-order valence-corrected chi connectivity index (χ3v) is 8.55. The van der Waals surface area contributed by atoms with E-state index < -0.39 is 0 Å². The summed E-state index contributed by atoms with van der Waals surface area (Å²) in [5, 5.41) is 12.0. The average molecular weight is 503 g/mol. The highest BCUT2D eigenvalue weighted by molar-refractivity contribution is 5.92. The fourth-order valence-corrected chi connectivity index (χ4v) is 5.99. The number of unbranched alkanes of at least 4 members (excludes halogenated alkanes) is 1. The number of fused-ring (bicyclic) bond motifs is 1. The van der Waals surface area contributed by atoms with Crippen LogP contribution in [-0.4, -0.2) is 29.0 Å². The molecule has 3 aromatic rings. The van der Waals surface area contributed by atoms with E-state index in [2.05, 4.69) is 61.8 Å². The van der Waals surface area contributed by atoms with Gasteiger partial charge in [-0.15, -0.1) is 0 Å². The van der Waals surface area contributed by atoms with Gasteiger partial charge in [0.05, 0.1) is 5.69 Å². The number of nitrogens with one attached hydrogen (secondary N) is 1. The number of ketones is 1. The number of aromatic hydroxyl groups is 1. The number of Topliss-reactive ketones (excluding diaryl/α,β-unsaturated/α-hetero) is 1. The van der Waals surface area contributed by atoms with Crippen LogP contribution in [-0.2, 0) is 11.2 Å². The molecular weight excluding hydrogens is 456 g/mol. The van der Waals surface area contributed by atoms with Gasteiger partial charge in [-0.3, -0.25) is 4.79 Å². The summed E-state index contributed by atoms with van der Waals surface area (Å²) in [5.74, 6) is 2.11. The second-order valence-corrected chi connectivity index (χ2v) is 11.4. The van der Waals surface area contributed by atoms with Crippen LogP contribution in [0.2, 0.25) is 0 Å². The molecule has 1 saturated heterocycles. The van der Waals surface area contributed by atoms with Crippen molar-refractivity contribution < 1.29 is 9.90 Å². The number of benzene rings is 2. The van der Waals surface area contributed by atoms with Crippen molar-refractivity contribution in [3.8, 4) is 17.0 Å². The fraction of sp³-hybridized carbons (Fsp3) is 0.545. The highest BCUT2D eigenvalue weighted by atomic mass is 16.3. The molecule has 0 spiro atoms. The maximum absolute atomic E-state index is 13.2. The van der Waals surface area contributed by atoms with E-state index in [9.17, 15) is 9.90 Å². The fourth-order valence-electron chi connectivity index (χ4n) is 5.99. The van der Waals surface area contributed by atoms with Crippen molar-refractivity contribution >= 4 is 22.4 Å². The molecule has 4 rings (SSSR count). The Balaban J connectivity index is 1.42. The SMILES string of the molecule is CCc1c(-c2cc(N3CCCC(C(=O)CC(C)CCCCC(C)CC)C3)ccc2O)[nH]c2ccccc12. The number of phenolic OH excluding ortho intramolecular Hbond substituents is 1. The second-order valence-electron chi connectivity index (χ2n) is 11.4. The molecule has 4 heteroatoms. The van der Waals surface area contributed by atoms with Gasteiger partial charge in [0.2, 0.25) is 0 Å². The van der Waals surface area contributed by atoms with Crippen LogP contribution in [0.4, 0.5) is 5.69 Å². The van der Waals surface area contributed by atoms with Crippen molar-refractivity contribution in [1.82, 2.24) is 4.98 Å². The Hall–Kier alpha value is -2.75. The van der Waals surface area contributed by atoms with Gasteiger partial charge in [-0.25, -0.2) is 0 Å². The number of aromatic amines is 1. The van der Waals surface area contributed by atoms with Gasteiger partial charge in [0.1, 0.15) is 11.5 Å². The number of phenols is 1. The first kappa shape index (κ1) is 27.3. The number of anilines is 1. The van der Waals surface area contributed by atoms with Crippen molar-refractivity contribution in [3.63, 3.8) is 0 Å². The van der Waals surface area contributed by atoms with E-state index in [0.717, 1.165) is 67.2 Å². The molecule has 0 radical (unpaired) electrons. The minimum absolute atomic E-state index is 0.104. The summed E-state index contributed by atoms with van der Waals surface area (Å²) in [4.78, 5) is 19.1. The van der Waals surface area contributed by atoms with E-state index in [1.54, 1.807) is 0 Å². The number of hydrogen-bond donors (Lipinski definition) is 2. The summed E-state index contributed by atoms with van der Waals surface area (Å²) in [6.07, 6.45) is 9.85. The second kappa shape index (κ2) is 12.7. The first-order valence-corrected chi connectivity index (χ1v) is 14.6. The lowest BCUT2D eigenvalue weighted by molar-refractivity contribution is -0.124. The molecule has 0 saturated carbocycles. The van der Waals surface area contributed by atoms with Crippen LogP contribution in [0.15, 0.2) is 42.5 Å². The highest BCUT2D eigenvalue weighted by Gasteiger charge is 2.27. The number of nitrogens with zero attached hydrogens (tertiary/aromatic N) is 1. The topological polar surface area (TPSA) is 56.3 Å². The maximum Gasteiger partial charge on any atom is 0.138 e. The lowest BCUT2D eigenvalue weighted by atomic mass is 9.87. The zero-order valence-corrected chi connectivity index (χ0v) is 23.4. The number of piperidine rings is 1. The Morgan fingerprint density at radius 1 is 1.08 bits per heavy atom. The summed E-state index contributed by atoms with van der Waals surface area (Å²) >= 11 is 0. The molecule has 0 aliphatic carbocycles. The summed E-state index contributed by atoms with van der Waals surface area (Å²) < 4.78 is 0. The number of hydrogen-bond acceptors (Lipinski definition) is 3. The van der Waals surface area contributed by atoms with Gasteiger partial charge in [-0.2, -0.15) is 0 Å². The molecule has 200 valence electrons. The molecule has 1 aliphatic rings. The van der Waals surface area contributed by atoms with Crippen LogP contribution < -0.4 is 4.90 Å². The number of H-pyrrole nitrogens is 1. The maximum atomic E-state index is 13.2. The molecule has 2 aromatic carbocycles. The Bertz CT molecular complexity index is 1180. The van der Waals surface area contributed by atoms with Crippen LogP contribution in [0.5, 0.6) is 5.75 Å². The molecule has 1 aliphatic heterocycles. The first-order chi connectivity index (χ1) is 17.9. The third-order valence-electron chi connectivity index (χ3n) is 8.55. The van der Waals surface area contributed by atoms with Crippen LogP contribution in [0.25, 0.3) is 22.2 Å². The van der Waals surface area contributed by atoms with Crippen molar-refractivity contribution in [1.29, 1.82) is 0 Å². The first-order valence-electron chi connectivity index (χ1n) is 14.6.